The lowest BCUT2D eigenvalue weighted by Gasteiger charge is -2.39. The van der Waals surface area contributed by atoms with Gasteiger partial charge in [0, 0.05) is 50.0 Å². The molecule has 1 unspecified atom stereocenters. The van der Waals surface area contributed by atoms with Crippen LogP contribution in [0.15, 0.2) is 24.3 Å². The maximum Gasteiger partial charge on any atom is 0.269 e. The topological polar surface area (TPSA) is 69.8 Å². The number of aliphatic hydroxyl groups is 1. The Morgan fingerprint density at radius 2 is 1.85 bits per heavy atom. The average Bonchev–Trinajstić information content (AvgIpc) is 2.49. The molecule has 1 aromatic carbocycles. The Morgan fingerprint density at radius 3 is 2.30 bits per heavy atom. The summed E-state index contributed by atoms with van der Waals surface area (Å²) in [7, 11) is 0. The first-order valence-corrected chi connectivity index (χ1v) is 7.00. The number of anilines is 1. The number of rotatable bonds is 5. The minimum Gasteiger partial charge on any atom is -0.395 e. The Morgan fingerprint density at radius 1 is 1.25 bits per heavy atom. The van der Waals surface area contributed by atoms with Gasteiger partial charge in [-0.15, -0.1) is 0 Å². The molecule has 0 saturated carbocycles. The molecular formula is C14H21N3O3. The zero-order valence-electron chi connectivity index (χ0n) is 11.7. The van der Waals surface area contributed by atoms with Crippen LogP contribution in [0.2, 0.25) is 0 Å². The Bertz CT molecular complexity index is 437. The second-order valence-electron chi connectivity index (χ2n) is 5.04. The van der Waals surface area contributed by atoms with Crippen molar-refractivity contribution in [1.29, 1.82) is 0 Å². The van der Waals surface area contributed by atoms with Gasteiger partial charge in [0.05, 0.1) is 11.5 Å². The van der Waals surface area contributed by atoms with Gasteiger partial charge in [-0.05, 0) is 18.6 Å². The van der Waals surface area contributed by atoms with Crippen LogP contribution < -0.4 is 4.90 Å². The van der Waals surface area contributed by atoms with Crippen LogP contribution in [0, 0.1) is 10.1 Å². The van der Waals surface area contributed by atoms with Crippen molar-refractivity contribution in [3.05, 3.63) is 34.4 Å². The van der Waals surface area contributed by atoms with Gasteiger partial charge in [0.1, 0.15) is 0 Å². The number of nitro groups is 1. The van der Waals surface area contributed by atoms with Crippen molar-refractivity contribution in [3.63, 3.8) is 0 Å². The highest BCUT2D eigenvalue weighted by atomic mass is 16.6. The number of benzene rings is 1. The average molecular weight is 279 g/mol. The number of nitro benzene ring substituents is 1. The summed E-state index contributed by atoms with van der Waals surface area (Å²) in [5.74, 6) is 0. The Labute approximate surface area is 118 Å². The van der Waals surface area contributed by atoms with E-state index >= 15 is 0 Å². The molecule has 20 heavy (non-hydrogen) atoms. The molecule has 0 aliphatic carbocycles. The van der Waals surface area contributed by atoms with E-state index < -0.39 is 0 Å². The highest BCUT2D eigenvalue weighted by molar-refractivity contribution is 5.51. The number of hydrogen-bond donors (Lipinski definition) is 1. The molecule has 1 fully saturated rings. The van der Waals surface area contributed by atoms with E-state index in [0.717, 1.165) is 38.3 Å². The molecule has 2 rings (SSSR count). The van der Waals surface area contributed by atoms with Gasteiger partial charge in [0.25, 0.3) is 5.69 Å². The molecule has 1 atom stereocenters. The van der Waals surface area contributed by atoms with Crippen molar-refractivity contribution in [1.82, 2.24) is 4.90 Å². The fourth-order valence-corrected chi connectivity index (χ4v) is 2.63. The van der Waals surface area contributed by atoms with Crippen LogP contribution in [0.1, 0.15) is 13.3 Å². The van der Waals surface area contributed by atoms with Gasteiger partial charge in [-0.25, -0.2) is 0 Å². The lowest BCUT2D eigenvalue weighted by Crippen LogP contribution is -2.51. The zero-order chi connectivity index (χ0) is 14.5. The smallest absolute Gasteiger partial charge is 0.269 e. The third kappa shape index (κ3) is 3.26. The van der Waals surface area contributed by atoms with Crippen molar-refractivity contribution in [2.45, 2.75) is 19.4 Å². The molecule has 110 valence electrons. The van der Waals surface area contributed by atoms with E-state index in [4.69, 9.17) is 0 Å². The van der Waals surface area contributed by atoms with Crippen LogP contribution in [0.25, 0.3) is 0 Å². The third-order valence-corrected chi connectivity index (χ3v) is 3.94. The van der Waals surface area contributed by atoms with Gasteiger partial charge in [-0.2, -0.15) is 0 Å². The molecule has 0 spiro atoms. The van der Waals surface area contributed by atoms with Crippen LogP contribution in [0.4, 0.5) is 11.4 Å². The molecule has 1 N–H and O–H groups in total. The number of aliphatic hydroxyl groups excluding tert-OH is 1. The molecule has 1 aliphatic heterocycles. The highest BCUT2D eigenvalue weighted by Crippen LogP contribution is 2.21. The predicted octanol–water partition coefficient (Wildman–Crippen LogP) is 1.49. The number of piperazine rings is 1. The SMILES string of the molecule is CCC(CO)N1CCN(c2ccc([N+](=O)[O-])cc2)CC1. The Balaban J connectivity index is 1.95. The molecule has 6 nitrogen and oxygen atoms in total. The van der Waals surface area contributed by atoms with E-state index in [2.05, 4.69) is 16.7 Å². The fraction of sp³-hybridized carbons (Fsp3) is 0.571. The summed E-state index contributed by atoms with van der Waals surface area (Å²) in [6.07, 6.45) is 0.952. The molecule has 0 radical (unpaired) electrons. The monoisotopic (exact) mass is 279 g/mol. The Hall–Kier alpha value is -1.66. The van der Waals surface area contributed by atoms with E-state index in [-0.39, 0.29) is 23.3 Å². The summed E-state index contributed by atoms with van der Waals surface area (Å²) in [5, 5.41) is 20.0. The molecule has 1 saturated heterocycles. The molecule has 1 aromatic rings. The maximum absolute atomic E-state index is 10.6. The molecule has 6 heteroatoms. The second kappa shape index (κ2) is 6.67. The van der Waals surface area contributed by atoms with Gasteiger partial charge < -0.3 is 10.0 Å². The minimum absolute atomic E-state index is 0.124. The summed E-state index contributed by atoms with van der Waals surface area (Å²) in [5.41, 5.74) is 1.14. The van der Waals surface area contributed by atoms with Gasteiger partial charge >= 0.3 is 0 Å². The third-order valence-electron chi connectivity index (χ3n) is 3.94. The van der Waals surface area contributed by atoms with Crippen molar-refractivity contribution < 1.29 is 10.0 Å². The first kappa shape index (κ1) is 14.7. The molecule has 0 amide bonds. The first-order valence-electron chi connectivity index (χ1n) is 7.00. The zero-order valence-corrected chi connectivity index (χ0v) is 11.7. The number of non-ortho nitro benzene ring substituents is 1. The molecular weight excluding hydrogens is 258 g/mol. The largest absolute Gasteiger partial charge is 0.395 e. The van der Waals surface area contributed by atoms with E-state index in [1.807, 2.05) is 0 Å². The summed E-state index contributed by atoms with van der Waals surface area (Å²) in [4.78, 5) is 14.8. The van der Waals surface area contributed by atoms with E-state index in [9.17, 15) is 15.2 Å². The number of nitrogens with zero attached hydrogens (tertiary/aromatic N) is 3. The maximum atomic E-state index is 10.6. The van der Waals surface area contributed by atoms with Crippen LogP contribution in [-0.4, -0.2) is 53.8 Å². The van der Waals surface area contributed by atoms with Gasteiger partial charge in [-0.1, -0.05) is 6.92 Å². The van der Waals surface area contributed by atoms with Gasteiger partial charge in [0.2, 0.25) is 0 Å². The predicted molar refractivity (Wildman–Crippen MR) is 78.0 cm³/mol. The van der Waals surface area contributed by atoms with E-state index in [1.165, 1.54) is 0 Å². The molecule has 1 heterocycles. The number of hydrogen-bond acceptors (Lipinski definition) is 5. The highest BCUT2D eigenvalue weighted by Gasteiger charge is 2.22. The molecule has 0 aromatic heterocycles. The summed E-state index contributed by atoms with van der Waals surface area (Å²) >= 11 is 0. The quantitative estimate of drug-likeness (QED) is 0.653. The van der Waals surface area contributed by atoms with Gasteiger partial charge in [0.15, 0.2) is 0 Å². The lowest BCUT2D eigenvalue weighted by molar-refractivity contribution is -0.384. The standard InChI is InChI=1S/C14H21N3O3/c1-2-12(11-18)15-7-9-16(10-8-15)13-3-5-14(6-4-13)17(19)20/h3-6,12,18H,2,7-11H2,1H3. The van der Waals surface area contributed by atoms with Crippen molar-refractivity contribution in [2.75, 3.05) is 37.7 Å². The fourth-order valence-electron chi connectivity index (χ4n) is 2.63. The summed E-state index contributed by atoms with van der Waals surface area (Å²) < 4.78 is 0. The van der Waals surface area contributed by atoms with E-state index in [0.29, 0.717) is 0 Å². The van der Waals surface area contributed by atoms with Crippen LogP contribution in [0.3, 0.4) is 0 Å². The van der Waals surface area contributed by atoms with Crippen molar-refractivity contribution in [3.8, 4) is 0 Å². The minimum atomic E-state index is -0.380. The molecule has 1 aliphatic rings. The van der Waals surface area contributed by atoms with E-state index in [1.54, 1.807) is 24.3 Å². The van der Waals surface area contributed by atoms with Gasteiger partial charge in [-0.3, -0.25) is 15.0 Å². The van der Waals surface area contributed by atoms with Crippen LogP contribution in [0.5, 0.6) is 0 Å². The summed E-state index contributed by atoms with van der Waals surface area (Å²) in [6, 6.07) is 6.94. The van der Waals surface area contributed by atoms with Crippen LogP contribution >= 0.6 is 0 Å². The normalized spacial score (nSPS) is 18.0. The van der Waals surface area contributed by atoms with Crippen molar-refractivity contribution >= 4 is 11.4 Å². The van der Waals surface area contributed by atoms with Crippen LogP contribution in [-0.2, 0) is 0 Å². The lowest BCUT2D eigenvalue weighted by atomic mass is 10.1. The van der Waals surface area contributed by atoms with Crippen molar-refractivity contribution in [2.24, 2.45) is 0 Å². The Kier molecular flexibility index (Phi) is 4.92. The summed E-state index contributed by atoms with van der Waals surface area (Å²) in [6.45, 7) is 5.88. The second-order valence-corrected chi connectivity index (χ2v) is 5.04. The molecule has 0 bridgehead atoms. The first-order chi connectivity index (χ1) is 9.65.